The van der Waals surface area contributed by atoms with Crippen LogP contribution < -0.4 is 14.8 Å². The van der Waals surface area contributed by atoms with Crippen LogP contribution >= 0.6 is 0 Å². The minimum atomic E-state index is -0.267. The zero-order chi connectivity index (χ0) is 20.1. The van der Waals surface area contributed by atoms with Crippen molar-refractivity contribution < 1.29 is 13.9 Å². The third-order valence-electron chi connectivity index (χ3n) is 4.21. The van der Waals surface area contributed by atoms with Crippen molar-refractivity contribution in [2.24, 2.45) is 0 Å². The highest BCUT2D eigenvalue weighted by Gasteiger charge is 2.14. The van der Waals surface area contributed by atoms with Crippen LogP contribution in [0.15, 0.2) is 72.8 Å². The molecule has 0 unspecified atom stereocenters. The molecule has 1 N–H and O–H groups in total. The topological polar surface area (TPSA) is 74.1 Å². The second-order valence-corrected chi connectivity index (χ2v) is 6.16. The quantitative estimate of drug-likeness (QED) is 0.509. The summed E-state index contributed by atoms with van der Waals surface area (Å²) in [7, 11) is 1.57. The summed E-state index contributed by atoms with van der Waals surface area (Å²) in [5.41, 5.74) is 2.58. The Hall–Kier alpha value is -3.94. The summed E-state index contributed by atoms with van der Waals surface area (Å²) in [4.78, 5) is 0. The number of methoxy groups -OCH3 is 1. The van der Waals surface area contributed by atoms with Crippen molar-refractivity contribution in [2.75, 3.05) is 12.4 Å². The van der Waals surface area contributed by atoms with E-state index in [1.54, 1.807) is 25.3 Å². The van der Waals surface area contributed by atoms with E-state index < -0.39 is 0 Å². The lowest BCUT2D eigenvalue weighted by molar-refractivity contribution is 0.363. The van der Waals surface area contributed by atoms with Gasteiger partial charge in [0.15, 0.2) is 11.5 Å². The first-order chi connectivity index (χ1) is 14.2. The van der Waals surface area contributed by atoms with Crippen LogP contribution in [-0.4, -0.2) is 27.3 Å². The molecule has 7 nitrogen and oxygen atoms in total. The summed E-state index contributed by atoms with van der Waals surface area (Å²) in [5, 5.41) is 14.9. The van der Waals surface area contributed by atoms with Gasteiger partial charge < -0.3 is 14.8 Å². The van der Waals surface area contributed by atoms with E-state index in [0.717, 1.165) is 16.9 Å². The van der Waals surface area contributed by atoms with Crippen molar-refractivity contribution in [1.29, 1.82) is 0 Å². The van der Waals surface area contributed by atoms with Crippen molar-refractivity contribution in [3.05, 3.63) is 84.2 Å². The molecule has 1 heterocycles. The van der Waals surface area contributed by atoms with Gasteiger partial charge in [0, 0.05) is 12.2 Å². The molecule has 0 spiro atoms. The summed E-state index contributed by atoms with van der Waals surface area (Å²) < 4.78 is 25.9. The number of ether oxygens (including phenoxy) is 2. The van der Waals surface area contributed by atoms with Crippen LogP contribution in [0.3, 0.4) is 0 Å². The van der Waals surface area contributed by atoms with Crippen molar-refractivity contribution in [3.8, 4) is 23.2 Å². The number of nitrogens with one attached hydrogen (secondary N) is 1. The van der Waals surface area contributed by atoms with Crippen LogP contribution in [0.2, 0.25) is 0 Å². The molecule has 0 fully saturated rings. The van der Waals surface area contributed by atoms with Gasteiger partial charge in [-0.05, 0) is 64.5 Å². The predicted octanol–water partition coefficient (Wildman–Crippen LogP) is 4.21. The highest BCUT2D eigenvalue weighted by Crippen LogP contribution is 2.32. The number of aromatic nitrogens is 4. The molecule has 0 radical (unpaired) electrons. The fourth-order valence-electron chi connectivity index (χ4n) is 2.75. The van der Waals surface area contributed by atoms with Crippen LogP contribution in [-0.2, 0) is 6.54 Å². The molecular weight excluding hydrogens is 373 g/mol. The van der Waals surface area contributed by atoms with Crippen LogP contribution in [0.25, 0.3) is 5.69 Å². The predicted molar refractivity (Wildman–Crippen MR) is 106 cm³/mol. The Kier molecular flexibility index (Phi) is 5.33. The smallest absolute Gasteiger partial charge is 0.346 e. The van der Waals surface area contributed by atoms with Gasteiger partial charge in [-0.3, -0.25) is 0 Å². The van der Waals surface area contributed by atoms with E-state index in [-0.39, 0.29) is 11.8 Å². The highest BCUT2D eigenvalue weighted by molar-refractivity contribution is 5.47. The van der Waals surface area contributed by atoms with Crippen molar-refractivity contribution in [3.63, 3.8) is 0 Å². The van der Waals surface area contributed by atoms with Gasteiger partial charge in [-0.2, -0.15) is 4.68 Å². The monoisotopic (exact) mass is 391 g/mol. The Labute approximate surface area is 166 Å². The average molecular weight is 391 g/mol. The fraction of sp³-hybridized carbons (Fsp3) is 0.0952. The zero-order valence-corrected chi connectivity index (χ0v) is 15.6. The van der Waals surface area contributed by atoms with E-state index >= 15 is 0 Å². The molecule has 0 atom stereocenters. The van der Waals surface area contributed by atoms with Gasteiger partial charge in [0.2, 0.25) is 0 Å². The second kappa shape index (κ2) is 8.39. The van der Waals surface area contributed by atoms with E-state index in [1.807, 2.05) is 42.5 Å². The van der Waals surface area contributed by atoms with Crippen LogP contribution in [0.5, 0.6) is 17.5 Å². The molecule has 1 aromatic heterocycles. The minimum absolute atomic E-state index is 0.228. The lowest BCUT2D eigenvalue weighted by Gasteiger charge is -2.12. The third kappa shape index (κ3) is 4.32. The Balaban J connectivity index is 1.51. The number of hydrogen-bond donors (Lipinski definition) is 1. The van der Waals surface area contributed by atoms with Gasteiger partial charge >= 0.3 is 6.01 Å². The molecule has 0 aliphatic carbocycles. The minimum Gasteiger partial charge on any atom is -0.493 e. The van der Waals surface area contributed by atoms with Crippen LogP contribution in [0.4, 0.5) is 10.1 Å². The molecule has 4 rings (SSSR count). The summed E-state index contributed by atoms with van der Waals surface area (Å²) in [6, 6.07) is 21.5. The molecule has 8 heteroatoms. The van der Waals surface area contributed by atoms with Crippen molar-refractivity contribution >= 4 is 5.69 Å². The van der Waals surface area contributed by atoms with Crippen LogP contribution in [0, 0.1) is 5.82 Å². The Morgan fingerprint density at radius 1 is 0.966 bits per heavy atom. The maximum atomic E-state index is 13.0. The van der Waals surface area contributed by atoms with Gasteiger partial charge in [0.05, 0.1) is 12.8 Å². The SMILES string of the molecule is COc1cc(CNc2ccc(F)cc2)ccc1Oc1nnnn1-c1ccccc1. The number of nitrogens with zero attached hydrogens (tertiary/aromatic N) is 4. The third-order valence-corrected chi connectivity index (χ3v) is 4.21. The molecule has 0 aliphatic rings. The zero-order valence-electron chi connectivity index (χ0n) is 15.6. The number of tetrazole rings is 1. The molecule has 0 bridgehead atoms. The van der Waals surface area contributed by atoms with E-state index in [2.05, 4.69) is 20.8 Å². The van der Waals surface area contributed by atoms with E-state index in [4.69, 9.17) is 9.47 Å². The van der Waals surface area contributed by atoms with Gasteiger partial charge in [-0.15, -0.1) is 0 Å². The first-order valence-electron chi connectivity index (χ1n) is 8.91. The summed E-state index contributed by atoms with van der Waals surface area (Å²) in [6.07, 6.45) is 0. The second-order valence-electron chi connectivity index (χ2n) is 6.16. The maximum Gasteiger partial charge on any atom is 0.346 e. The molecule has 4 aromatic rings. The van der Waals surface area contributed by atoms with Gasteiger partial charge in [-0.25, -0.2) is 4.39 Å². The molecule has 0 saturated heterocycles. The van der Waals surface area contributed by atoms with Crippen molar-refractivity contribution in [1.82, 2.24) is 20.2 Å². The first-order valence-corrected chi connectivity index (χ1v) is 8.91. The number of anilines is 1. The molecule has 3 aromatic carbocycles. The normalized spacial score (nSPS) is 10.6. The Morgan fingerprint density at radius 2 is 1.76 bits per heavy atom. The number of hydrogen-bond acceptors (Lipinski definition) is 6. The van der Waals surface area contributed by atoms with Gasteiger partial charge in [-0.1, -0.05) is 29.4 Å². The van der Waals surface area contributed by atoms with Crippen molar-refractivity contribution in [2.45, 2.75) is 6.54 Å². The standard InChI is InChI=1S/C21H18FN5O2/c1-28-20-13-15(14-23-17-10-8-16(22)9-11-17)7-12-19(20)29-21-24-25-26-27(21)18-5-3-2-4-6-18/h2-13,23H,14H2,1H3. The molecule has 0 aliphatic heterocycles. The van der Waals surface area contributed by atoms with Gasteiger partial charge in [0.25, 0.3) is 0 Å². The molecule has 146 valence electrons. The summed E-state index contributed by atoms with van der Waals surface area (Å²) in [5.74, 6) is 0.771. The maximum absolute atomic E-state index is 13.0. The Morgan fingerprint density at radius 3 is 2.52 bits per heavy atom. The number of rotatable bonds is 7. The number of halogens is 1. The highest BCUT2D eigenvalue weighted by atomic mass is 19.1. The van der Waals surface area contributed by atoms with E-state index in [1.165, 1.54) is 16.8 Å². The Bertz CT molecular complexity index is 1080. The van der Waals surface area contributed by atoms with E-state index in [0.29, 0.717) is 18.0 Å². The lowest BCUT2D eigenvalue weighted by Crippen LogP contribution is -2.02. The molecule has 0 amide bonds. The largest absolute Gasteiger partial charge is 0.493 e. The number of benzene rings is 3. The first kappa shape index (κ1) is 18.4. The molecular formula is C21H18FN5O2. The van der Waals surface area contributed by atoms with E-state index in [9.17, 15) is 4.39 Å². The van der Waals surface area contributed by atoms with Crippen LogP contribution in [0.1, 0.15) is 5.56 Å². The number of para-hydroxylation sites is 1. The summed E-state index contributed by atoms with van der Waals surface area (Å²) in [6.45, 7) is 0.546. The molecule has 29 heavy (non-hydrogen) atoms. The average Bonchev–Trinajstić information content (AvgIpc) is 3.23. The fourth-order valence-corrected chi connectivity index (χ4v) is 2.75. The molecule has 0 saturated carbocycles. The van der Waals surface area contributed by atoms with Gasteiger partial charge in [0.1, 0.15) is 5.82 Å². The summed E-state index contributed by atoms with van der Waals surface area (Å²) >= 11 is 0. The lowest BCUT2D eigenvalue weighted by atomic mass is 10.2.